The van der Waals surface area contributed by atoms with Crippen LogP contribution in [0.4, 0.5) is 0 Å². The molecule has 2 bridgehead atoms. The number of amides is 1. The Labute approximate surface area is 122 Å². The number of piperazine rings is 1. The summed E-state index contributed by atoms with van der Waals surface area (Å²) in [5, 5.41) is 6.64. The number of hydrogen-bond acceptors (Lipinski definition) is 3. The summed E-state index contributed by atoms with van der Waals surface area (Å²) >= 11 is 0. The first-order chi connectivity index (χ1) is 9.48. The molecule has 2 N–H and O–H groups in total. The van der Waals surface area contributed by atoms with E-state index < -0.39 is 0 Å². The molecule has 0 spiro atoms. The molecule has 4 aliphatic rings. The number of nitrogens with one attached hydrogen (secondary N) is 2. The van der Waals surface area contributed by atoms with Crippen molar-refractivity contribution in [1.82, 2.24) is 15.5 Å². The van der Waals surface area contributed by atoms with Crippen molar-refractivity contribution in [1.29, 1.82) is 0 Å². The first-order valence-electron chi connectivity index (χ1n) is 8.21. The van der Waals surface area contributed by atoms with Gasteiger partial charge >= 0.3 is 0 Å². The molecule has 20 heavy (non-hydrogen) atoms. The average molecular weight is 279 g/mol. The van der Waals surface area contributed by atoms with E-state index in [0.29, 0.717) is 23.9 Å². The lowest BCUT2D eigenvalue weighted by Crippen LogP contribution is -2.61. The number of hydrogen-bond donors (Lipinski definition) is 2. The van der Waals surface area contributed by atoms with Gasteiger partial charge in [-0.15, -0.1) is 0 Å². The number of carbonyl (C=O) groups excluding carboxylic acids is 1. The molecule has 0 aromatic carbocycles. The third-order valence-corrected chi connectivity index (χ3v) is 6.28. The molecule has 4 heteroatoms. The van der Waals surface area contributed by atoms with Crippen molar-refractivity contribution in [2.75, 3.05) is 32.7 Å². The van der Waals surface area contributed by atoms with Crippen LogP contribution in [-0.4, -0.2) is 49.6 Å². The highest BCUT2D eigenvalue weighted by molar-refractivity contribution is 5.78. The zero-order valence-electron chi connectivity index (χ0n) is 13.1. The van der Waals surface area contributed by atoms with Crippen LogP contribution < -0.4 is 10.6 Å². The van der Waals surface area contributed by atoms with Crippen molar-refractivity contribution in [3.05, 3.63) is 0 Å². The molecule has 0 aromatic rings. The molecule has 4 nitrogen and oxygen atoms in total. The third-order valence-electron chi connectivity index (χ3n) is 6.28. The Hall–Kier alpha value is -0.610. The van der Waals surface area contributed by atoms with Crippen LogP contribution in [0.25, 0.3) is 0 Å². The maximum absolute atomic E-state index is 12.2. The topological polar surface area (TPSA) is 44.4 Å². The van der Waals surface area contributed by atoms with Gasteiger partial charge in [-0.3, -0.25) is 9.69 Å². The molecule has 4 fully saturated rings. The van der Waals surface area contributed by atoms with Gasteiger partial charge in [-0.05, 0) is 36.0 Å². The molecule has 1 heterocycles. The highest BCUT2D eigenvalue weighted by Gasteiger charge is 2.56. The molecule has 4 rings (SSSR count). The fraction of sp³-hybridized carbons (Fsp3) is 0.938. The monoisotopic (exact) mass is 279 g/mol. The zero-order chi connectivity index (χ0) is 14.3. The van der Waals surface area contributed by atoms with E-state index in [2.05, 4.69) is 36.3 Å². The SMILES string of the molecule is C[C@@H]1C(NC(=O)CN2CCNCC2)C[C@H]2C[C@@H]1C2(C)C. The second-order valence-electron chi connectivity index (χ2n) is 7.66. The van der Waals surface area contributed by atoms with Crippen LogP contribution in [-0.2, 0) is 4.79 Å². The standard InChI is InChI=1S/C16H29N3O/c1-11-13-8-12(16(13,2)3)9-14(11)18-15(20)10-19-6-4-17-5-7-19/h11-14,17H,4-10H2,1-3H3,(H,18,20)/t11-,12+,13-,14?/m0/s1. The Morgan fingerprint density at radius 3 is 2.60 bits per heavy atom. The zero-order valence-corrected chi connectivity index (χ0v) is 13.1. The average Bonchev–Trinajstić information content (AvgIpc) is 2.41. The second-order valence-corrected chi connectivity index (χ2v) is 7.66. The summed E-state index contributed by atoms with van der Waals surface area (Å²) in [6.45, 7) is 11.7. The maximum Gasteiger partial charge on any atom is 0.234 e. The van der Waals surface area contributed by atoms with Gasteiger partial charge in [-0.2, -0.15) is 0 Å². The van der Waals surface area contributed by atoms with Crippen molar-refractivity contribution in [3.63, 3.8) is 0 Å². The smallest absolute Gasteiger partial charge is 0.234 e. The predicted molar refractivity (Wildman–Crippen MR) is 80.4 cm³/mol. The summed E-state index contributed by atoms with van der Waals surface area (Å²) in [7, 11) is 0. The van der Waals surface area contributed by atoms with Crippen LogP contribution in [0.2, 0.25) is 0 Å². The van der Waals surface area contributed by atoms with Gasteiger partial charge in [-0.1, -0.05) is 20.8 Å². The Bertz CT molecular complexity index is 376. The number of carbonyl (C=O) groups is 1. The van der Waals surface area contributed by atoms with Gasteiger partial charge in [0.2, 0.25) is 5.91 Å². The highest BCUT2D eigenvalue weighted by atomic mass is 16.2. The molecular weight excluding hydrogens is 250 g/mol. The van der Waals surface area contributed by atoms with Crippen LogP contribution in [0, 0.1) is 23.2 Å². The largest absolute Gasteiger partial charge is 0.352 e. The van der Waals surface area contributed by atoms with Crippen molar-refractivity contribution in [2.24, 2.45) is 23.2 Å². The molecule has 4 atom stereocenters. The lowest BCUT2D eigenvalue weighted by molar-refractivity contribution is -0.134. The van der Waals surface area contributed by atoms with E-state index in [9.17, 15) is 4.79 Å². The van der Waals surface area contributed by atoms with Gasteiger partial charge in [0.15, 0.2) is 0 Å². The molecule has 1 saturated heterocycles. The summed E-state index contributed by atoms with van der Waals surface area (Å²) in [5.74, 6) is 2.46. The van der Waals surface area contributed by atoms with Gasteiger partial charge < -0.3 is 10.6 Å². The summed E-state index contributed by atoms with van der Waals surface area (Å²) in [5.41, 5.74) is 0.499. The maximum atomic E-state index is 12.2. The van der Waals surface area contributed by atoms with E-state index in [4.69, 9.17) is 0 Å². The predicted octanol–water partition coefficient (Wildman–Crippen LogP) is 1.08. The minimum Gasteiger partial charge on any atom is -0.352 e. The van der Waals surface area contributed by atoms with E-state index in [1.165, 1.54) is 12.8 Å². The third kappa shape index (κ3) is 2.48. The number of rotatable bonds is 3. The molecule has 0 aromatic heterocycles. The van der Waals surface area contributed by atoms with Crippen LogP contribution in [0.15, 0.2) is 0 Å². The van der Waals surface area contributed by atoms with Gasteiger partial charge in [0.25, 0.3) is 0 Å². The summed E-state index contributed by atoms with van der Waals surface area (Å²) in [6.07, 6.45) is 2.55. The van der Waals surface area contributed by atoms with E-state index in [1.54, 1.807) is 0 Å². The van der Waals surface area contributed by atoms with E-state index in [-0.39, 0.29) is 5.91 Å². The van der Waals surface area contributed by atoms with Crippen LogP contribution in [0.1, 0.15) is 33.6 Å². The van der Waals surface area contributed by atoms with Crippen LogP contribution in [0.5, 0.6) is 0 Å². The van der Waals surface area contributed by atoms with E-state index in [0.717, 1.165) is 38.0 Å². The molecule has 3 saturated carbocycles. The minimum atomic E-state index is 0.225. The molecule has 114 valence electrons. The lowest BCUT2D eigenvalue weighted by atomic mass is 9.45. The van der Waals surface area contributed by atoms with Crippen LogP contribution in [0.3, 0.4) is 0 Å². The van der Waals surface area contributed by atoms with Crippen molar-refractivity contribution in [3.8, 4) is 0 Å². The Balaban J connectivity index is 1.50. The van der Waals surface area contributed by atoms with E-state index >= 15 is 0 Å². The highest BCUT2D eigenvalue weighted by Crippen LogP contribution is 2.61. The molecule has 1 amide bonds. The summed E-state index contributed by atoms with van der Waals surface area (Å²) in [4.78, 5) is 14.5. The van der Waals surface area contributed by atoms with Crippen molar-refractivity contribution in [2.45, 2.75) is 39.7 Å². The Morgan fingerprint density at radius 1 is 1.30 bits per heavy atom. The lowest BCUT2D eigenvalue weighted by Gasteiger charge is -2.62. The quantitative estimate of drug-likeness (QED) is 0.812. The molecular formula is C16H29N3O. The van der Waals surface area contributed by atoms with Gasteiger partial charge in [-0.25, -0.2) is 0 Å². The number of nitrogens with zero attached hydrogens (tertiary/aromatic N) is 1. The van der Waals surface area contributed by atoms with Gasteiger partial charge in [0, 0.05) is 32.2 Å². The number of fused-ring (bicyclic) bond motifs is 2. The first kappa shape index (κ1) is 14.3. The fourth-order valence-corrected chi connectivity index (χ4v) is 4.67. The summed E-state index contributed by atoms with van der Waals surface area (Å²) < 4.78 is 0. The Morgan fingerprint density at radius 2 is 2.00 bits per heavy atom. The van der Waals surface area contributed by atoms with Gasteiger partial charge in [0.1, 0.15) is 0 Å². The van der Waals surface area contributed by atoms with Crippen LogP contribution >= 0.6 is 0 Å². The van der Waals surface area contributed by atoms with E-state index in [1.807, 2.05) is 0 Å². The minimum absolute atomic E-state index is 0.225. The molecule has 0 radical (unpaired) electrons. The normalized spacial score (nSPS) is 40.0. The van der Waals surface area contributed by atoms with Crippen molar-refractivity contribution < 1.29 is 4.79 Å². The molecule has 3 aliphatic carbocycles. The molecule has 1 aliphatic heterocycles. The van der Waals surface area contributed by atoms with Gasteiger partial charge in [0.05, 0.1) is 6.54 Å². The first-order valence-corrected chi connectivity index (χ1v) is 8.21. The molecule has 1 unspecified atom stereocenters. The fourth-order valence-electron chi connectivity index (χ4n) is 4.67. The second kappa shape index (κ2) is 5.30. The summed E-state index contributed by atoms with van der Waals surface area (Å²) in [6, 6.07) is 0.405. The van der Waals surface area contributed by atoms with Crippen molar-refractivity contribution >= 4 is 5.91 Å². The Kier molecular flexibility index (Phi) is 3.80.